The van der Waals surface area contributed by atoms with Gasteiger partial charge < -0.3 is 9.84 Å². The number of ether oxygens (including phenoxy) is 1. The molecule has 1 saturated heterocycles. The molecule has 2 heterocycles. The third-order valence-electron chi connectivity index (χ3n) is 3.97. The van der Waals surface area contributed by atoms with Crippen molar-refractivity contribution in [3.63, 3.8) is 0 Å². The number of methoxy groups -OCH3 is 1. The van der Waals surface area contributed by atoms with E-state index in [0.717, 1.165) is 11.3 Å². The number of halogens is 1. The van der Waals surface area contributed by atoms with Gasteiger partial charge in [0.25, 0.3) is 0 Å². The molecule has 0 spiro atoms. The molecule has 5 heteroatoms. The summed E-state index contributed by atoms with van der Waals surface area (Å²) in [7, 11) is 1.58. The molecular formula is C17H19FN2O2. The Morgan fingerprint density at radius 3 is 2.91 bits per heavy atom. The fourth-order valence-electron chi connectivity index (χ4n) is 2.98. The van der Waals surface area contributed by atoms with Crippen LogP contribution in [-0.2, 0) is 6.54 Å². The van der Waals surface area contributed by atoms with Crippen LogP contribution in [0.15, 0.2) is 42.5 Å². The Kier molecular flexibility index (Phi) is 4.36. The summed E-state index contributed by atoms with van der Waals surface area (Å²) in [4.78, 5) is 6.53. The number of aromatic nitrogens is 1. The second kappa shape index (κ2) is 6.42. The first-order valence-electron chi connectivity index (χ1n) is 7.33. The molecule has 1 aliphatic heterocycles. The Balaban J connectivity index is 1.81. The molecule has 116 valence electrons. The van der Waals surface area contributed by atoms with E-state index in [1.807, 2.05) is 18.2 Å². The van der Waals surface area contributed by atoms with Crippen molar-refractivity contribution in [2.24, 2.45) is 0 Å². The first-order chi connectivity index (χ1) is 10.7. The number of nitrogens with zero attached hydrogens (tertiary/aromatic N) is 2. The van der Waals surface area contributed by atoms with E-state index in [1.165, 1.54) is 12.1 Å². The monoisotopic (exact) mass is 302 g/mol. The Morgan fingerprint density at radius 1 is 1.32 bits per heavy atom. The number of aliphatic hydroxyl groups is 1. The first kappa shape index (κ1) is 14.9. The normalized spacial score (nSPS) is 22.0. The number of benzene rings is 1. The van der Waals surface area contributed by atoms with E-state index in [-0.39, 0.29) is 11.9 Å². The van der Waals surface area contributed by atoms with E-state index >= 15 is 0 Å². The van der Waals surface area contributed by atoms with Gasteiger partial charge in [0, 0.05) is 25.2 Å². The van der Waals surface area contributed by atoms with Crippen molar-refractivity contribution >= 4 is 0 Å². The van der Waals surface area contributed by atoms with Gasteiger partial charge in [-0.2, -0.15) is 0 Å². The predicted octanol–water partition coefficient (Wildman–Crippen LogP) is 2.54. The smallest absolute Gasteiger partial charge is 0.213 e. The molecule has 2 atom stereocenters. The summed E-state index contributed by atoms with van der Waals surface area (Å²) in [6, 6.07) is 12.2. The van der Waals surface area contributed by atoms with Crippen LogP contribution in [0.3, 0.4) is 0 Å². The number of rotatable bonds is 4. The van der Waals surface area contributed by atoms with Gasteiger partial charge in [0.2, 0.25) is 5.88 Å². The van der Waals surface area contributed by atoms with Gasteiger partial charge in [0.1, 0.15) is 5.82 Å². The quantitative estimate of drug-likeness (QED) is 0.943. The molecule has 1 aromatic heterocycles. The van der Waals surface area contributed by atoms with Crippen LogP contribution in [0.5, 0.6) is 5.88 Å². The highest BCUT2D eigenvalue weighted by molar-refractivity contribution is 5.22. The third-order valence-corrected chi connectivity index (χ3v) is 3.97. The Labute approximate surface area is 129 Å². The largest absolute Gasteiger partial charge is 0.481 e. The van der Waals surface area contributed by atoms with Crippen LogP contribution in [0.2, 0.25) is 0 Å². The Bertz CT molecular complexity index is 650. The fraction of sp³-hybridized carbons (Fsp3) is 0.353. The fourth-order valence-corrected chi connectivity index (χ4v) is 2.98. The molecule has 2 aromatic rings. The molecule has 0 saturated carbocycles. The van der Waals surface area contributed by atoms with Crippen molar-refractivity contribution in [1.82, 2.24) is 9.88 Å². The minimum Gasteiger partial charge on any atom is -0.481 e. The lowest BCUT2D eigenvalue weighted by molar-refractivity contribution is 0.172. The summed E-state index contributed by atoms with van der Waals surface area (Å²) in [6.07, 6.45) is 0.201. The lowest BCUT2D eigenvalue weighted by Crippen LogP contribution is -2.24. The van der Waals surface area contributed by atoms with Gasteiger partial charge >= 0.3 is 0 Å². The van der Waals surface area contributed by atoms with Gasteiger partial charge in [-0.3, -0.25) is 4.90 Å². The molecule has 0 unspecified atom stereocenters. The Hall–Kier alpha value is -1.98. The maximum atomic E-state index is 13.5. The molecule has 22 heavy (non-hydrogen) atoms. The zero-order valence-corrected chi connectivity index (χ0v) is 12.4. The highest BCUT2D eigenvalue weighted by Gasteiger charge is 2.32. The third kappa shape index (κ3) is 3.26. The maximum absolute atomic E-state index is 13.5. The summed E-state index contributed by atoms with van der Waals surface area (Å²) in [5, 5.41) is 10.00. The Morgan fingerprint density at radius 2 is 2.14 bits per heavy atom. The van der Waals surface area contributed by atoms with Crippen LogP contribution in [0.25, 0.3) is 0 Å². The zero-order chi connectivity index (χ0) is 15.5. The standard InChI is InChI=1S/C17H19FN2O2/c1-22-17-7-3-6-14(19-17)10-20-11-15(21)9-16(20)12-4-2-5-13(18)8-12/h2-8,15-16,21H,9-11H2,1H3/t15-,16+/m1/s1. The highest BCUT2D eigenvalue weighted by atomic mass is 19.1. The lowest BCUT2D eigenvalue weighted by Gasteiger charge is -2.24. The van der Waals surface area contributed by atoms with Gasteiger partial charge in [-0.05, 0) is 30.2 Å². The molecule has 0 amide bonds. The molecule has 0 radical (unpaired) electrons. The van der Waals surface area contributed by atoms with Crippen molar-refractivity contribution in [3.8, 4) is 5.88 Å². The summed E-state index contributed by atoms with van der Waals surface area (Å²) in [5.74, 6) is 0.317. The van der Waals surface area contributed by atoms with Crippen LogP contribution < -0.4 is 4.74 Å². The van der Waals surface area contributed by atoms with E-state index in [2.05, 4.69) is 9.88 Å². The average Bonchev–Trinajstić information content (AvgIpc) is 2.88. The molecule has 1 aromatic carbocycles. The minimum absolute atomic E-state index is 0.00120. The molecular weight excluding hydrogens is 283 g/mol. The topological polar surface area (TPSA) is 45.6 Å². The van der Waals surface area contributed by atoms with Gasteiger partial charge in [0.05, 0.1) is 18.9 Å². The zero-order valence-electron chi connectivity index (χ0n) is 12.4. The number of pyridine rings is 1. The van der Waals surface area contributed by atoms with Crippen molar-refractivity contribution in [2.75, 3.05) is 13.7 Å². The van der Waals surface area contributed by atoms with Crippen molar-refractivity contribution in [1.29, 1.82) is 0 Å². The lowest BCUT2D eigenvalue weighted by atomic mass is 10.0. The summed E-state index contributed by atoms with van der Waals surface area (Å²) < 4.78 is 18.6. The molecule has 0 bridgehead atoms. The van der Waals surface area contributed by atoms with Crippen molar-refractivity contribution < 1.29 is 14.2 Å². The second-order valence-electron chi connectivity index (χ2n) is 5.56. The average molecular weight is 302 g/mol. The van der Waals surface area contributed by atoms with E-state index < -0.39 is 6.10 Å². The molecule has 4 nitrogen and oxygen atoms in total. The number of aliphatic hydroxyl groups excluding tert-OH is 1. The maximum Gasteiger partial charge on any atom is 0.213 e. The van der Waals surface area contributed by atoms with Gasteiger partial charge in [-0.1, -0.05) is 18.2 Å². The van der Waals surface area contributed by atoms with Crippen molar-refractivity contribution in [2.45, 2.75) is 25.1 Å². The van der Waals surface area contributed by atoms with E-state index in [0.29, 0.717) is 25.4 Å². The molecule has 1 N–H and O–H groups in total. The van der Waals surface area contributed by atoms with E-state index in [1.54, 1.807) is 19.2 Å². The molecule has 1 fully saturated rings. The molecule has 3 rings (SSSR count). The van der Waals surface area contributed by atoms with Crippen molar-refractivity contribution in [3.05, 3.63) is 59.5 Å². The SMILES string of the molecule is COc1cccc(CN2C[C@H](O)C[C@H]2c2cccc(F)c2)n1. The minimum atomic E-state index is -0.404. The van der Waals surface area contributed by atoms with Gasteiger partial charge in [0.15, 0.2) is 0 Å². The van der Waals surface area contributed by atoms with Crippen LogP contribution >= 0.6 is 0 Å². The van der Waals surface area contributed by atoms with E-state index in [4.69, 9.17) is 4.74 Å². The number of hydrogen-bond donors (Lipinski definition) is 1. The number of hydrogen-bond acceptors (Lipinski definition) is 4. The van der Waals surface area contributed by atoms with E-state index in [9.17, 15) is 9.50 Å². The van der Waals surface area contributed by atoms with Crippen LogP contribution in [0, 0.1) is 5.82 Å². The summed E-state index contributed by atoms with van der Waals surface area (Å²) in [5.41, 5.74) is 1.76. The van der Waals surface area contributed by atoms with Crippen LogP contribution in [0.1, 0.15) is 23.7 Å². The van der Waals surface area contributed by atoms with Gasteiger partial charge in [-0.15, -0.1) is 0 Å². The van der Waals surface area contributed by atoms with Crippen LogP contribution in [-0.4, -0.2) is 34.7 Å². The highest BCUT2D eigenvalue weighted by Crippen LogP contribution is 2.33. The first-order valence-corrected chi connectivity index (χ1v) is 7.33. The summed E-state index contributed by atoms with van der Waals surface area (Å²) >= 11 is 0. The number of β-amino-alcohol motifs (C(OH)–C–C–N with tert-alkyl or cyclic N) is 1. The predicted molar refractivity (Wildman–Crippen MR) is 81.0 cm³/mol. The summed E-state index contributed by atoms with van der Waals surface area (Å²) in [6.45, 7) is 1.15. The molecule has 0 aliphatic carbocycles. The second-order valence-corrected chi connectivity index (χ2v) is 5.56. The van der Waals surface area contributed by atoms with Gasteiger partial charge in [-0.25, -0.2) is 9.37 Å². The number of likely N-dealkylation sites (tertiary alicyclic amines) is 1. The molecule has 1 aliphatic rings. The van der Waals surface area contributed by atoms with Crippen LogP contribution in [0.4, 0.5) is 4.39 Å².